The Bertz CT molecular complexity index is 1720. The Morgan fingerprint density at radius 3 is 1.45 bits per heavy atom. The summed E-state index contributed by atoms with van der Waals surface area (Å²) in [4.78, 5) is 18.7. The number of nitrogens with zero attached hydrogens (tertiary/aromatic N) is 3. The van der Waals surface area contributed by atoms with Gasteiger partial charge in [-0.15, -0.1) is 0 Å². The molecule has 51 heavy (non-hydrogen) atoms. The Morgan fingerprint density at radius 1 is 0.588 bits per heavy atom. The third kappa shape index (κ3) is 13.4. The summed E-state index contributed by atoms with van der Waals surface area (Å²) in [5.41, 5.74) is 1.75. The van der Waals surface area contributed by atoms with E-state index in [-0.39, 0.29) is 6.09 Å². The highest BCUT2D eigenvalue weighted by Gasteiger charge is 2.26. The summed E-state index contributed by atoms with van der Waals surface area (Å²) in [5.74, 6) is 2.88. The summed E-state index contributed by atoms with van der Waals surface area (Å²) >= 11 is 24.3. The van der Waals surface area contributed by atoms with Crippen LogP contribution in [0.4, 0.5) is 4.79 Å². The topological polar surface area (TPSA) is 66.5 Å². The summed E-state index contributed by atoms with van der Waals surface area (Å²) < 4.78 is 17.2. The molecule has 0 radical (unpaired) electrons. The van der Waals surface area contributed by atoms with Crippen molar-refractivity contribution in [2.45, 2.75) is 39.5 Å². The van der Waals surface area contributed by atoms with Crippen LogP contribution in [0.1, 0.15) is 31.9 Å². The van der Waals surface area contributed by atoms with Crippen molar-refractivity contribution in [1.29, 1.82) is 0 Å². The first-order chi connectivity index (χ1) is 24.4. The molecule has 4 aromatic rings. The predicted molar refractivity (Wildman–Crippen MR) is 207 cm³/mol. The van der Waals surface area contributed by atoms with Gasteiger partial charge in [-0.2, -0.15) is 0 Å². The van der Waals surface area contributed by atoms with Crippen molar-refractivity contribution < 1.29 is 19.0 Å². The summed E-state index contributed by atoms with van der Waals surface area (Å²) in [6, 6.07) is 26.1. The molecule has 2 aliphatic rings. The van der Waals surface area contributed by atoms with Gasteiger partial charge in [0.2, 0.25) is 0 Å². The van der Waals surface area contributed by atoms with Crippen molar-refractivity contribution in [1.82, 2.24) is 20.0 Å². The highest BCUT2D eigenvalue weighted by molar-refractivity contribution is 6.31. The average molecular weight is 775 g/mol. The van der Waals surface area contributed by atoms with Crippen LogP contribution in [0.5, 0.6) is 23.0 Å². The van der Waals surface area contributed by atoms with Crippen LogP contribution in [-0.2, 0) is 17.8 Å². The standard InChI is InChI=1S/C22H26Cl2N2O3.C17H18Cl2N2O/c1-22(2,3)29-21(27)26-10-8-25(9-11-26)15-16-12-18(24)14-20(13-16)28-19-6-4-17(23)5-7-19;18-14-1-3-16(4-2-14)22-17-10-13(9-15(19)11-17)12-21-7-5-20-6-8-21/h4-7,12-14H,8-11,15H2,1-3H3;1-4,9-11,20H,5-8,12H2. The van der Waals surface area contributed by atoms with E-state index in [1.807, 2.05) is 87.5 Å². The molecule has 0 atom stereocenters. The minimum atomic E-state index is -0.477. The Labute approximate surface area is 321 Å². The minimum absolute atomic E-state index is 0.251. The van der Waals surface area contributed by atoms with Gasteiger partial charge in [0.25, 0.3) is 0 Å². The Balaban J connectivity index is 0.000000205. The zero-order chi connectivity index (χ0) is 36.4. The number of hydrogen-bond acceptors (Lipinski definition) is 7. The fraction of sp³-hybridized carbons (Fsp3) is 0.359. The lowest BCUT2D eigenvalue weighted by molar-refractivity contribution is 0.0139. The van der Waals surface area contributed by atoms with Gasteiger partial charge in [0.1, 0.15) is 28.6 Å². The van der Waals surface area contributed by atoms with Gasteiger partial charge in [-0.3, -0.25) is 9.80 Å². The van der Waals surface area contributed by atoms with Crippen LogP contribution in [0.2, 0.25) is 20.1 Å². The number of carbonyl (C=O) groups excluding carboxylic acids is 1. The molecule has 12 heteroatoms. The van der Waals surface area contributed by atoms with E-state index in [4.69, 9.17) is 60.6 Å². The maximum atomic E-state index is 12.2. The van der Waals surface area contributed by atoms with Crippen molar-refractivity contribution in [3.05, 3.63) is 116 Å². The van der Waals surface area contributed by atoms with Crippen molar-refractivity contribution in [3.8, 4) is 23.0 Å². The van der Waals surface area contributed by atoms with Crippen LogP contribution < -0.4 is 14.8 Å². The lowest BCUT2D eigenvalue weighted by Gasteiger charge is -2.35. The molecule has 4 aromatic carbocycles. The number of amides is 1. The van der Waals surface area contributed by atoms with Gasteiger partial charge in [-0.25, -0.2) is 4.79 Å². The highest BCUT2D eigenvalue weighted by atomic mass is 35.5. The molecule has 0 aromatic heterocycles. The summed E-state index contributed by atoms with van der Waals surface area (Å²) in [6.45, 7) is 14.3. The van der Waals surface area contributed by atoms with Crippen LogP contribution in [0, 0.1) is 0 Å². The number of ether oxygens (including phenoxy) is 3. The lowest BCUT2D eigenvalue weighted by Crippen LogP contribution is -2.49. The number of benzene rings is 4. The predicted octanol–water partition coefficient (Wildman–Crippen LogP) is 10.0. The first-order valence-electron chi connectivity index (χ1n) is 17.0. The van der Waals surface area contributed by atoms with E-state index in [1.54, 1.807) is 23.1 Å². The molecular formula is C39H44Cl4N4O4. The second-order valence-corrected chi connectivity index (χ2v) is 15.2. The summed E-state index contributed by atoms with van der Waals surface area (Å²) in [5, 5.41) is 6.03. The normalized spacial score (nSPS) is 15.5. The van der Waals surface area contributed by atoms with Crippen LogP contribution in [0.25, 0.3) is 0 Å². The molecule has 272 valence electrons. The zero-order valence-corrected chi connectivity index (χ0v) is 32.2. The maximum Gasteiger partial charge on any atom is 0.410 e. The SMILES string of the molecule is CC(C)(C)OC(=O)N1CCN(Cc2cc(Cl)cc(Oc3ccc(Cl)cc3)c2)CC1.Clc1ccc(Oc2cc(Cl)cc(CN3CCNCC3)c2)cc1. The molecule has 1 N–H and O–H groups in total. The Hall–Kier alpha value is -3.21. The number of piperazine rings is 2. The summed E-state index contributed by atoms with van der Waals surface area (Å²) in [7, 11) is 0. The van der Waals surface area contributed by atoms with Gasteiger partial charge in [-0.05, 0) is 117 Å². The van der Waals surface area contributed by atoms with E-state index in [1.165, 1.54) is 5.56 Å². The Morgan fingerprint density at radius 2 is 1.02 bits per heavy atom. The molecule has 2 fully saturated rings. The molecule has 0 spiro atoms. The van der Waals surface area contributed by atoms with E-state index in [0.717, 1.165) is 69.4 Å². The second-order valence-electron chi connectivity index (χ2n) is 13.5. The number of carbonyl (C=O) groups is 1. The van der Waals surface area contributed by atoms with Crippen LogP contribution in [0.3, 0.4) is 0 Å². The van der Waals surface area contributed by atoms with Crippen LogP contribution in [-0.4, -0.2) is 78.8 Å². The molecular weight excluding hydrogens is 730 g/mol. The Kier molecular flexibility index (Phi) is 14.2. The van der Waals surface area contributed by atoms with Gasteiger partial charge in [0.05, 0.1) is 0 Å². The van der Waals surface area contributed by atoms with Gasteiger partial charge in [0, 0.05) is 85.5 Å². The van der Waals surface area contributed by atoms with Gasteiger partial charge in [-0.1, -0.05) is 46.4 Å². The van der Waals surface area contributed by atoms with E-state index >= 15 is 0 Å². The number of hydrogen-bond donors (Lipinski definition) is 1. The number of rotatable bonds is 8. The average Bonchev–Trinajstić information content (AvgIpc) is 3.07. The molecule has 2 heterocycles. The first-order valence-corrected chi connectivity index (χ1v) is 18.5. The maximum absolute atomic E-state index is 12.2. The fourth-order valence-electron chi connectivity index (χ4n) is 5.62. The molecule has 0 unspecified atom stereocenters. The molecule has 6 rings (SSSR count). The molecule has 0 aliphatic carbocycles. The van der Waals surface area contributed by atoms with Gasteiger partial charge in [0.15, 0.2) is 0 Å². The van der Waals surface area contributed by atoms with Crippen molar-refractivity contribution in [2.24, 2.45) is 0 Å². The van der Waals surface area contributed by atoms with E-state index in [9.17, 15) is 4.79 Å². The highest BCUT2D eigenvalue weighted by Crippen LogP contribution is 2.29. The third-order valence-corrected chi connectivity index (χ3v) is 8.95. The van der Waals surface area contributed by atoms with Gasteiger partial charge < -0.3 is 24.4 Å². The lowest BCUT2D eigenvalue weighted by atomic mass is 10.2. The fourth-order valence-corrected chi connectivity index (χ4v) is 6.37. The third-order valence-electron chi connectivity index (χ3n) is 8.01. The van der Waals surface area contributed by atoms with Crippen LogP contribution >= 0.6 is 46.4 Å². The zero-order valence-electron chi connectivity index (χ0n) is 29.1. The molecule has 2 aliphatic heterocycles. The quantitative estimate of drug-likeness (QED) is 0.191. The van der Waals surface area contributed by atoms with Crippen molar-refractivity contribution in [2.75, 3.05) is 52.4 Å². The minimum Gasteiger partial charge on any atom is -0.457 e. The molecule has 0 bridgehead atoms. The number of nitrogens with one attached hydrogen (secondary N) is 1. The largest absolute Gasteiger partial charge is 0.457 e. The number of halogens is 4. The van der Waals surface area contributed by atoms with E-state index < -0.39 is 5.60 Å². The van der Waals surface area contributed by atoms with E-state index in [2.05, 4.69) is 15.1 Å². The first kappa shape index (κ1) is 39.0. The second kappa shape index (κ2) is 18.5. The monoisotopic (exact) mass is 772 g/mol. The van der Waals surface area contributed by atoms with E-state index in [0.29, 0.717) is 44.7 Å². The summed E-state index contributed by atoms with van der Waals surface area (Å²) in [6.07, 6.45) is -0.251. The van der Waals surface area contributed by atoms with Crippen molar-refractivity contribution >= 4 is 52.5 Å². The molecule has 2 saturated heterocycles. The molecule has 1 amide bonds. The molecule has 8 nitrogen and oxygen atoms in total. The van der Waals surface area contributed by atoms with Crippen molar-refractivity contribution in [3.63, 3.8) is 0 Å². The molecule has 0 saturated carbocycles. The van der Waals surface area contributed by atoms with Gasteiger partial charge >= 0.3 is 6.09 Å². The van der Waals surface area contributed by atoms with Crippen LogP contribution in [0.15, 0.2) is 84.9 Å². The smallest absolute Gasteiger partial charge is 0.410 e.